The Balaban J connectivity index is 2.02. The first-order valence-electron chi connectivity index (χ1n) is 11.3. The third-order valence-electron chi connectivity index (χ3n) is 6.51. The summed E-state index contributed by atoms with van der Waals surface area (Å²) in [5.41, 5.74) is 3.00. The lowest BCUT2D eigenvalue weighted by molar-refractivity contribution is -0.0847. The number of rotatable bonds is 6. The van der Waals surface area contributed by atoms with Crippen molar-refractivity contribution in [3.05, 3.63) is 23.3 Å². The second kappa shape index (κ2) is 11.5. The van der Waals surface area contributed by atoms with Crippen LogP contribution in [0.15, 0.2) is 23.3 Å². The summed E-state index contributed by atoms with van der Waals surface area (Å²) in [5, 5.41) is 0. The summed E-state index contributed by atoms with van der Waals surface area (Å²) >= 11 is 0. The van der Waals surface area contributed by atoms with E-state index in [9.17, 15) is 0 Å². The number of hydrogen-bond donors (Lipinski definition) is 0. The van der Waals surface area contributed by atoms with E-state index in [1.807, 2.05) is 0 Å². The van der Waals surface area contributed by atoms with Crippen LogP contribution in [-0.4, -0.2) is 40.8 Å². The maximum absolute atomic E-state index is 6.10. The molecular weight excluding hydrogens is 376 g/mol. The summed E-state index contributed by atoms with van der Waals surface area (Å²) in [7, 11) is -1.05. The summed E-state index contributed by atoms with van der Waals surface area (Å²) < 4.78 is 17.8. The maximum Gasteiger partial charge on any atom is 0.147 e. The molecule has 2 aliphatic rings. The molecule has 0 aromatic carbocycles. The summed E-state index contributed by atoms with van der Waals surface area (Å²) in [6, 6.07) is 1.18. The minimum atomic E-state index is -1.05. The molecule has 2 rings (SSSR count). The predicted molar refractivity (Wildman–Crippen MR) is 125 cm³/mol. The molecule has 4 heteroatoms. The van der Waals surface area contributed by atoms with Crippen molar-refractivity contribution in [2.24, 2.45) is 11.3 Å². The van der Waals surface area contributed by atoms with Crippen LogP contribution in [0.2, 0.25) is 25.7 Å². The van der Waals surface area contributed by atoms with Gasteiger partial charge in [0.25, 0.3) is 0 Å². The van der Waals surface area contributed by atoms with Crippen LogP contribution >= 0.6 is 0 Å². The molecule has 3 nitrogen and oxygen atoms in total. The summed E-state index contributed by atoms with van der Waals surface area (Å²) in [4.78, 5) is 0. The van der Waals surface area contributed by atoms with Crippen molar-refractivity contribution in [3.8, 4) is 11.8 Å². The van der Waals surface area contributed by atoms with Crippen LogP contribution in [0.1, 0.15) is 52.9 Å². The Morgan fingerprint density at radius 1 is 1.28 bits per heavy atom. The van der Waals surface area contributed by atoms with Gasteiger partial charge in [-0.1, -0.05) is 57.1 Å². The van der Waals surface area contributed by atoms with E-state index in [1.54, 1.807) is 0 Å². The maximum atomic E-state index is 6.10. The zero-order valence-corrected chi connectivity index (χ0v) is 20.6. The normalized spacial score (nSPS) is 31.0. The van der Waals surface area contributed by atoms with E-state index in [0.717, 1.165) is 38.7 Å². The van der Waals surface area contributed by atoms with Gasteiger partial charge in [-0.15, -0.1) is 5.92 Å². The first kappa shape index (κ1) is 24.4. The molecule has 0 saturated carbocycles. The van der Waals surface area contributed by atoms with Gasteiger partial charge >= 0.3 is 0 Å². The molecule has 0 aromatic rings. The zero-order chi connectivity index (χ0) is 21.3. The molecule has 0 bridgehead atoms. The molecule has 0 radical (unpaired) electrons. The van der Waals surface area contributed by atoms with Crippen LogP contribution in [0.3, 0.4) is 0 Å². The van der Waals surface area contributed by atoms with Gasteiger partial charge in [0, 0.05) is 21.1 Å². The quantitative estimate of drug-likeness (QED) is 0.169. The Kier molecular flexibility index (Phi) is 9.68. The summed E-state index contributed by atoms with van der Waals surface area (Å²) in [5.74, 6) is 6.91. The number of allylic oxidation sites excluding steroid dienone is 2. The van der Waals surface area contributed by atoms with E-state index < -0.39 is 8.07 Å². The van der Waals surface area contributed by atoms with E-state index in [-0.39, 0.29) is 11.5 Å². The van der Waals surface area contributed by atoms with Gasteiger partial charge in [0.15, 0.2) is 0 Å². The van der Waals surface area contributed by atoms with Crippen LogP contribution in [0.25, 0.3) is 0 Å². The van der Waals surface area contributed by atoms with Crippen molar-refractivity contribution in [2.75, 3.05) is 26.6 Å². The van der Waals surface area contributed by atoms with Crippen molar-refractivity contribution in [3.63, 3.8) is 0 Å². The third kappa shape index (κ3) is 8.42. The molecule has 0 N–H and O–H groups in total. The second-order valence-corrected chi connectivity index (χ2v) is 15.8. The highest BCUT2D eigenvalue weighted by molar-refractivity contribution is 6.76. The standard InChI is InChI=1S/C25H42O3Si/c1-21-11-9-7-8-10-14-26-19-23-18-24(17-22(2)25(23,3)13-12-21)28-20-27-15-16-29(4,5)6/h11,18,22,24H,7,9,12-17,19-20H2,1-6H3/b21-11+/t22-,24+,25+/m1/s1. The first-order chi connectivity index (χ1) is 13.7. The minimum Gasteiger partial charge on any atom is -0.364 e. The van der Waals surface area contributed by atoms with Crippen molar-refractivity contribution in [1.82, 2.24) is 0 Å². The van der Waals surface area contributed by atoms with Crippen LogP contribution < -0.4 is 0 Å². The highest BCUT2D eigenvalue weighted by Crippen LogP contribution is 2.46. The smallest absolute Gasteiger partial charge is 0.147 e. The molecular formula is C25H42O3Si. The van der Waals surface area contributed by atoms with Gasteiger partial charge in [0.1, 0.15) is 13.4 Å². The topological polar surface area (TPSA) is 27.7 Å². The average Bonchev–Trinajstić information content (AvgIpc) is 2.65. The largest absolute Gasteiger partial charge is 0.364 e. The third-order valence-corrected chi connectivity index (χ3v) is 8.22. The van der Waals surface area contributed by atoms with E-state index in [0.29, 0.717) is 25.9 Å². The molecule has 0 spiro atoms. The Morgan fingerprint density at radius 3 is 2.83 bits per heavy atom. The summed E-state index contributed by atoms with van der Waals surface area (Å²) in [6.07, 6.45) is 10.1. The molecule has 1 heterocycles. The number of ether oxygens (including phenoxy) is 3. The van der Waals surface area contributed by atoms with E-state index >= 15 is 0 Å². The number of hydrogen-bond acceptors (Lipinski definition) is 3. The molecule has 1 aliphatic carbocycles. The van der Waals surface area contributed by atoms with Gasteiger partial charge in [0.05, 0.1) is 12.7 Å². The van der Waals surface area contributed by atoms with E-state index in [1.165, 1.54) is 17.2 Å². The second-order valence-electron chi connectivity index (χ2n) is 10.2. The van der Waals surface area contributed by atoms with Gasteiger partial charge < -0.3 is 14.2 Å². The van der Waals surface area contributed by atoms with Crippen LogP contribution in [0, 0.1) is 23.2 Å². The minimum absolute atomic E-state index is 0.113. The first-order valence-corrected chi connectivity index (χ1v) is 15.0. The van der Waals surface area contributed by atoms with E-state index in [2.05, 4.69) is 64.4 Å². The van der Waals surface area contributed by atoms with Crippen LogP contribution in [0.4, 0.5) is 0 Å². The van der Waals surface area contributed by atoms with Gasteiger partial charge in [-0.05, 0) is 55.6 Å². The highest BCUT2D eigenvalue weighted by atomic mass is 28.3. The van der Waals surface area contributed by atoms with Crippen molar-refractivity contribution >= 4 is 8.07 Å². The Morgan fingerprint density at radius 2 is 2.07 bits per heavy atom. The van der Waals surface area contributed by atoms with E-state index in [4.69, 9.17) is 14.2 Å². The fourth-order valence-electron chi connectivity index (χ4n) is 4.02. The average molecular weight is 419 g/mol. The molecule has 3 atom stereocenters. The predicted octanol–water partition coefficient (Wildman–Crippen LogP) is 6.20. The van der Waals surface area contributed by atoms with Gasteiger partial charge in [-0.3, -0.25) is 0 Å². The van der Waals surface area contributed by atoms with Gasteiger partial charge in [0.2, 0.25) is 0 Å². The van der Waals surface area contributed by atoms with Crippen molar-refractivity contribution < 1.29 is 14.2 Å². The monoisotopic (exact) mass is 418 g/mol. The number of fused-ring (bicyclic) bond motifs is 1. The fraction of sp³-hybridized carbons (Fsp3) is 0.760. The lowest BCUT2D eigenvalue weighted by Gasteiger charge is -2.43. The van der Waals surface area contributed by atoms with Crippen LogP contribution in [0.5, 0.6) is 0 Å². The summed E-state index contributed by atoms with van der Waals surface area (Å²) in [6.45, 7) is 16.5. The molecule has 164 valence electrons. The molecule has 1 aliphatic heterocycles. The Bertz CT molecular complexity index is 635. The SMILES string of the molecule is C/C1=C\CCC#CCOCC2=C[C@@H](OCOCC[Si](C)(C)C)C[C@@H](C)[C@]2(C)CC1. The van der Waals surface area contributed by atoms with Crippen molar-refractivity contribution in [2.45, 2.75) is 84.7 Å². The highest BCUT2D eigenvalue weighted by Gasteiger charge is 2.39. The lowest BCUT2D eigenvalue weighted by Crippen LogP contribution is -2.38. The molecule has 29 heavy (non-hydrogen) atoms. The lowest BCUT2D eigenvalue weighted by atomic mass is 9.64. The Hall–Kier alpha value is -0.863. The molecule has 0 aromatic heterocycles. The molecule has 0 fully saturated rings. The van der Waals surface area contributed by atoms with Crippen LogP contribution in [-0.2, 0) is 14.2 Å². The van der Waals surface area contributed by atoms with Gasteiger partial charge in [-0.2, -0.15) is 0 Å². The fourth-order valence-corrected chi connectivity index (χ4v) is 4.77. The van der Waals surface area contributed by atoms with Crippen molar-refractivity contribution in [1.29, 1.82) is 0 Å². The zero-order valence-electron chi connectivity index (χ0n) is 19.6. The Labute approximate surface area is 180 Å². The molecule has 0 unspecified atom stereocenters. The van der Waals surface area contributed by atoms with Gasteiger partial charge in [-0.25, -0.2) is 0 Å². The molecule has 0 amide bonds. The molecule has 0 saturated heterocycles.